The van der Waals surface area contributed by atoms with E-state index in [-0.39, 0.29) is 23.1 Å². The summed E-state index contributed by atoms with van der Waals surface area (Å²) in [5, 5.41) is 4.45. The molecule has 0 aliphatic carbocycles. The van der Waals surface area contributed by atoms with Gasteiger partial charge >= 0.3 is 5.97 Å². The van der Waals surface area contributed by atoms with Gasteiger partial charge in [-0.05, 0) is 61.5 Å². The number of nitrogens with one attached hydrogen (secondary N) is 1. The van der Waals surface area contributed by atoms with Crippen LogP contribution in [0.1, 0.15) is 22.8 Å². The Hall–Kier alpha value is -3.07. The Morgan fingerprint density at radius 1 is 1.03 bits per heavy atom. The summed E-state index contributed by atoms with van der Waals surface area (Å²) in [5.74, 6) is 0.143. The molecule has 0 bridgehead atoms. The quantitative estimate of drug-likeness (QED) is 0.151. The molecule has 0 aliphatic rings. The minimum atomic E-state index is -0.546. The highest BCUT2D eigenvalue weighted by molar-refractivity contribution is 9.10. The molecule has 0 saturated carbocycles. The van der Waals surface area contributed by atoms with Crippen LogP contribution in [0.2, 0.25) is 10.0 Å². The van der Waals surface area contributed by atoms with Gasteiger partial charge in [-0.1, -0.05) is 45.2 Å². The van der Waals surface area contributed by atoms with E-state index >= 15 is 0 Å². The molecule has 0 saturated heterocycles. The van der Waals surface area contributed by atoms with E-state index in [0.29, 0.717) is 28.5 Å². The monoisotopic (exact) mass is 564 g/mol. The fraction of sp³-hybridized carbons (Fsp3) is 0.125. The van der Waals surface area contributed by atoms with Crippen molar-refractivity contribution in [1.29, 1.82) is 0 Å². The molecule has 176 valence electrons. The van der Waals surface area contributed by atoms with E-state index in [1.54, 1.807) is 60.7 Å². The van der Waals surface area contributed by atoms with Gasteiger partial charge in [0.15, 0.2) is 6.61 Å². The summed E-state index contributed by atoms with van der Waals surface area (Å²) in [4.78, 5) is 24.6. The number of rotatable bonds is 9. The van der Waals surface area contributed by atoms with Crippen LogP contribution in [0, 0.1) is 0 Å². The lowest BCUT2D eigenvalue weighted by molar-refractivity contribution is -0.123. The van der Waals surface area contributed by atoms with E-state index in [9.17, 15) is 9.59 Å². The molecule has 0 unspecified atom stereocenters. The zero-order valence-electron chi connectivity index (χ0n) is 17.9. The van der Waals surface area contributed by atoms with Gasteiger partial charge in [-0.15, -0.1) is 0 Å². The van der Waals surface area contributed by atoms with Crippen LogP contribution >= 0.6 is 39.1 Å². The molecular weight excluding hydrogens is 547 g/mol. The Morgan fingerprint density at radius 2 is 1.79 bits per heavy atom. The van der Waals surface area contributed by atoms with Crippen molar-refractivity contribution in [3.63, 3.8) is 0 Å². The number of ether oxygens (including phenoxy) is 3. The molecule has 0 atom stereocenters. The van der Waals surface area contributed by atoms with Gasteiger partial charge < -0.3 is 14.2 Å². The molecule has 1 N–H and O–H groups in total. The van der Waals surface area contributed by atoms with E-state index in [4.69, 9.17) is 37.4 Å². The highest BCUT2D eigenvalue weighted by Crippen LogP contribution is 2.31. The molecule has 0 heterocycles. The maximum absolute atomic E-state index is 12.5. The van der Waals surface area contributed by atoms with E-state index in [0.717, 1.165) is 4.47 Å². The van der Waals surface area contributed by atoms with Crippen LogP contribution in [-0.4, -0.2) is 31.3 Å². The third-order valence-corrected chi connectivity index (χ3v) is 5.54. The summed E-state index contributed by atoms with van der Waals surface area (Å²) >= 11 is 15.3. The van der Waals surface area contributed by atoms with E-state index < -0.39 is 11.9 Å². The largest absolute Gasteiger partial charge is 0.494 e. The van der Waals surface area contributed by atoms with Crippen LogP contribution in [-0.2, 0) is 4.79 Å². The van der Waals surface area contributed by atoms with Crippen LogP contribution < -0.4 is 19.6 Å². The molecule has 0 fully saturated rings. The molecule has 3 aromatic rings. The molecule has 10 heteroatoms. The molecule has 3 aromatic carbocycles. The van der Waals surface area contributed by atoms with Crippen LogP contribution in [0.25, 0.3) is 0 Å². The van der Waals surface area contributed by atoms with Gasteiger partial charge in [-0.2, -0.15) is 5.10 Å². The molecule has 3 rings (SSSR count). The number of hydrogen-bond acceptors (Lipinski definition) is 6. The first-order valence-electron chi connectivity index (χ1n) is 10.0. The first kappa shape index (κ1) is 25.6. The predicted octanol–water partition coefficient (Wildman–Crippen LogP) is 5.90. The Labute approximate surface area is 214 Å². The van der Waals surface area contributed by atoms with Crippen molar-refractivity contribution < 1.29 is 23.8 Å². The van der Waals surface area contributed by atoms with Crippen molar-refractivity contribution in [2.75, 3.05) is 13.2 Å². The predicted molar refractivity (Wildman–Crippen MR) is 134 cm³/mol. The summed E-state index contributed by atoms with van der Waals surface area (Å²) < 4.78 is 17.0. The molecule has 0 spiro atoms. The number of benzene rings is 3. The fourth-order valence-electron chi connectivity index (χ4n) is 2.67. The smallest absolute Gasteiger partial charge is 0.343 e. The molecule has 7 nitrogen and oxygen atoms in total. The maximum atomic E-state index is 12.5. The van der Waals surface area contributed by atoms with Crippen molar-refractivity contribution in [3.05, 3.63) is 86.3 Å². The highest BCUT2D eigenvalue weighted by Gasteiger charge is 2.12. The van der Waals surface area contributed by atoms with Crippen LogP contribution in [0.3, 0.4) is 0 Å². The third kappa shape index (κ3) is 7.21. The van der Waals surface area contributed by atoms with Crippen molar-refractivity contribution in [2.45, 2.75) is 6.92 Å². The first-order valence-corrected chi connectivity index (χ1v) is 11.6. The van der Waals surface area contributed by atoms with Gasteiger partial charge in [-0.3, -0.25) is 4.79 Å². The Morgan fingerprint density at radius 3 is 2.53 bits per heavy atom. The summed E-state index contributed by atoms with van der Waals surface area (Å²) in [5.41, 5.74) is 3.17. The van der Waals surface area contributed by atoms with E-state index in [1.807, 2.05) is 6.92 Å². The number of nitrogens with zero attached hydrogens (tertiary/aromatic N) is 1. The van der Waals surface area contributed by atoms with Crippen molar-refractivity contribution in [1.82, 2.24) is 5.43 Å². The summed E-state index contributed by atoms with van der Waals surface area (Å²) in [6.07, 6.45) is 1.36. The van der Waals surface area contributed by atoms with Gasteiger partial charge in [0.25, 0.3) is 5.91 Å². The van der Waals surface area contributed by atoms with E-state index in [1.165, 1.54) is 6.21 Å². The average Bonchev–Trinajstić information content (AvgIpc) is 2.82. The molecule has 0 aromatic heterocycles. The minimum absolute atomic E-state index is 0.216. The molecule has 0 aliphatic heterocycles. The van der Waals surface area contributed by atoms with Crippen molar-refractivity contribution >= 4 is 57.2 Å². The molecule has 1 amide bonds. The Kier molecular flexibility index (Phi) is 9.33. The number of halogens is 3. The second-order valence-electron chi connectivity index (χ2n) is 6.66. The molecule has 0 radical (unpaired) electrons. The molecular formula is C24H19BrCl2N2O5. The summed E-state index contributed by atoms with van der Waals surface area (Å²) in [6.45, 7) is 2.08. The minimum Gasteiger partial charge on any atom is -0.494 e. The molecule has 34 heavy (non-hydrogen) atoms. The lowest BCUT2D eigenvalue weighted by Crippen LogP contribution is -2.24. The van der Waals surface area contributed by atoms with Crippen LogP contribution in [0.5, 0.6) is 17.2 Å². The maximum Gasteiger partial charge on any atom is 0.343 e. The van der Waals surface area contributed by atoms with Gasteiger partial charge in [-0.25, -0.2) is 10.2 Å². The summed E-state index contributed by atoms with van der Waals surface area (Å²) in [7, 11) is 0. The Balaban J connectivity index is 1.62. The van der Waals surface area contributed by atoms with Crippen molar-refractivity contribution in [2.24, 2.45) is 5.10 Å². The lowest BCUT2D eigenvalue weighted by Gasteiger charge is -2.09. The standard InChI is InChI=1S/C24H19BrCl2N2O5/c1-2-32-18-9-6-15(7-10-18)24(31)34-20-11-8-17(25)12-16(20)13-28-29-22(30)14-33-21-5-3-4-19(26)23(21)27/h3-13H,2,14H2,1H3,(H,29,30). The van der Waals surface area contributed by atoms with Crippen LogP contribution in [0.4, 0.5) is 0 Å². The fourth-order valence-corrected chi connectivity index (χ4v) is 3.40. The lowest BCUT2D eigenvalue weighted by atomic mass is 10.2. The van der Waals surface area contributed by atoms with Crippen molar-refractivity contribution in [3.8, 4) is 17.2 Å². The summed E-state index contributed by atoms with van der Waals surface area (Å²) in [6, 6.07) is 16.5. The topological polar surface area (TPSA) is 86.2 Å². The van der Waals surface area contributed by atoms with Gasteiger partial charge in [0.1, 0.15) is 22.3 Å². The zero-order chi connectivity index (χ0) is 24.5. The number of carbonyl (C=O) groups excluding carboxylic acids is 2. The SMILES string of the molecule is CCOc1ccc(C(=O)Oc2ccc(Br)cc2C=NNC(=O)COc2cccc(Cl)c2Cl)cc1. The number of hydrogen-bond donors (Lipinski definition) is 1. The second kappa shape index (κ2) is 12.4. The second-order valence-corrected chi connectivity index (χ2v) is 8.36. The Bertz CT molecular complexity index is 1200. The van der Waals surface area contributed by atoms with Gasteiger partial charge in [0, 0.05) is 10.0 Å². The average molecular weight is 566 g/mol. The number of amides is 1. The van der Waals surface area contributed by atoms with Gasteiger partial charge in [0.2, 0.25) is 0 Å². The normalized spacial score (nSPS) is 10.7. The third-order valence-electron chi connectivity index (χ3n) is 4.24. The number of esters is 1. The number of hydrazone groups is 1. The van der Waals surface area contributed by atoms with Crippen LogP contribution in [0.15, 0.2) is 70.2 Å². The zero-order valence-corrected chi connectivity index (χ0v) is 21.0. The van der Waals surface area contributed by atoms with E-state index in [2.05, 4.69) is 26.5 Å². The van der Waals surface area contributed by atoms with Gasteiger partial charge in [0.05, 0.1) is 23.4 Å². The number of carbonyl (C=O) groups is 2. The first-order chi connectivity index (χ1) is 16.4. The highest BCUT2D eigenvalue weighted by atomic mass is 79.9.